The number of amides is 1. The molecule has 0 aliphatic carbocycles. The number of aliphatic hydroxyl groups is 2. The van der Waals surface area contributed by atoms with Crippen molar-refractivity contribution >= 4 is 23.8 Å². The molecule has 0 bridgehead atoms. The fraction of sp³-hybridized carbons (Fsp3) is 0.667. The fourth-order valence-electron chi connectivity index (χ4n) is 1.52. The van der Waals surface area contributed by atoms with Gasteiger partial charge in [0.2, 0.25) is 5.91 Å². The molecule has 4 atom stereocenters. The largest absolute Gasteiger partial charge is 0.463 e. The van der Waals surface area contributed by atoms with E-state index in [1.165, 1.54) is 0 Å². The zero-order chi connectivity index (χ0) is 17.4. The van der Waals surface area contributed by atoms with Crippen LogP contribution < -0.4 is 5.73 Å². The van der Waals surface area contributed by atoms with Crippen molar-refractivity contribution in [2.24, 2.45) is 5.73 Å². The first-order valence-corrected chi connectivity index (χ1v) is 6.19. The number of carbonyl (C=O) groups excluding carboxylic acids is 4. The Bertz CT molecular complexity index is 436. The lowest BCUT2D eigenvalue weighted by Crippen LogP contribution is -2.54. The maximum absolute atomic E-state index is 11.1. The summed E-state index contributed by atoms with van der Waals surface area (Å²) in [4.78, 5) is 44.0. The number of nitrogens with two attached hydrogens (primary N) is 1. The first-order chi connectivity index (χ1) is 10.1. The summed E-state index contributed by atoms with van der Waals surface area (Å²) in [6, 6.07) is 0. The Balaban J connectivity index is 5.34. The smallest absolute Gasteiger partial charge is 0.303 e. The molecule has 0 aliphatic rings. The van der Waals surface area contributed by atoms with Crippen molar-refractivity contribution in [2.75, 3.05) is 6.61 Å². The Hall–Kier alpha value is -2.20. The average Bonchev–Trinajstić information content (AvgIpc) is 2.38. The summed E-state index contributed by atoms with van der Waals surface area (Å²) < 4.78 is 14.0. The first-order valence-electron chi connectivity index (χ1n) is 6.19. The average molecular weight is 321 g/mol. The van der Waals surface area contributed by atoms with Crippen LogP contribution in [0.15, 0.2) is 0 Å². The van der Waals surface area contributed by atoms with Gasteiger partial charge in [0.05, 0.1) is 0 Å². The zero-order valence-corrected chi connectivity index (χ0v) is 12.3. The van der Waals surface area contributed by atoms with Gasteiger partial charge in [-0.3, -0.25) is 19.2 Å². The lowest BCUT2D eigenvalue weighted by molar-refractivity contribution is -0.191. The van der Waals surface area contributed by atoms with Crippen LogP contribution in [0.1, 0.15) is 20.8 Å². The molecule has 0 aromatic heterocycles. The highest BCUT2D eigenvalue weighted by Crippen LogP contribution is 2.15. The van der Waals surface area contributed by atoms with Gasteiger partial charge >= 0.3 is 17.9 Å². The van der Waals surface area contributed by atoms with Crippen LogP contribution in [0, 0.1) is 0 Å². The molecule has 1 amide bonds. The Morgan fingerprint density at radius 3 is 1.73 bits per heavy atom. The summed E-state index contributed by atoms with van der Waals surface area (Å²) in [7, 11) is 0. The van der Waals surface area contributed by atoms with E-state index >= 15 is 0 Å². The molecular weight excluding hydrogens is 302 g/mol. The topological polar surface area (TPSA) is 162 Å². The van der Waals surface area contributed by atoms with Gasteiger partial charge in [0.25, 0.3) is 0 Å². The molecule has 0 aliphatic heterocycles. The lowest BCUT2D eigenvalue weighted by Gasteiger charge is -2.31. The molecule has 0 fully saturated rings. The van der Waals surface area contributed by atoms with Gasteiger partial charge in [-0.1, -0.05) is 0 Å². The maximum Gasteiger partial charge on any atom is 0.303 e. The molecule has 0 radical (unpaired) electrons. The first kappa shape index (κ1) is 19.8. The molecule has 4 N–H and O–H groups in total. The van der Waals surface area contributed by atoms with Gasteiger partial charge in [0, 0.05) is 20.8 Å². The van der Waals surface area contributed by atoms with Gasteiger partial charge in [-0.05, 0) is 0 Å². The lowest BCUT2D eigenvalue weighted by atomic mass is 10.0. The van der Waals surface area contributed by atoms with Crippen LogP contribution in [-0.4, -0.2) is 65.1 Å². The van der Waals surface area contributed by atoms with Crippen LogP contribution in [0.2, 0.25) is 0 Å². The molecule has 0 saturated heterocycles. The van der Waals surface area contributed by atoms with Crippen molar-refractivity contribution in [1.29, 1.82) is 0 Å². The Morgan fingerprint density at radius 1 is 0.909 bits per heavy atom. The van der Waals surface area contributed by atoms with Crippen molar-refractivity contribution in [3.8, 4) is 0 Å². The Labute approximate surface area is 126 Å². The second-order valence-corrected chi connectivity index (χ2v) is 4.37. The van der Waals surface area contributed by atoms with Gasteiger partial charge in [-0.2, -0.15) is 0 Å². The SMILES string of the molecule is CC(=O)OC[C@@H](O)[C@H](OC(C)=O)[C@H](OC(C)=O)[C@@H](O)C(N)=O. The van der Waals surface area contributed by atoms with E-state index in [1.54, 1.807) is 0 Å². The summed E-state index contributed by atoms with van der Waals surface area (Å²) in [5.74, 6) is -3.79. The second-order valence-electron chi connectivity index (χ2n) is 4.37. The molecule has 10 heteroatoms. The van der Waals surface area contributed by atoms with E-state index < -0.39 is 54.8 Å². The molecule has 0 unspecified atom stereocenters. The molecule has 0 aromatic rings. The summed E-state index contributed by atoms with van der Waals surface area (Å²) in [6.45, 7) is 2.43. The normalized spacial score (nSPS) is 15.9. The number of esters is 3. The minimum absolute atomic E-state index is 0.615. The van der Waals surface area contributed by atoms with Crippen LogP contribution in [0.3, 0.4) is 0 Å². The minimum atomic E-state index is -2.04. The summed E-state index contributed by atoms with van der Waals surface area (Å²) >= 11 is 0. The zero-order valence-electron chi connectivity index (χ0n) is 12.3. The van der Waals surface area contributed by atoms with Gasteiger partial charge in [-0.15, -0.1) is 0 Å². The quantitative estimate of drug-likeness (QED) is 0.327. The summed E-state index contributed by atoms with van der Waals surface area (Å²) in [5.41, 5.74) is 4.92. The van der Waals surface area contributed by atoms with Crippen molar-refractivity contribution in [3.05, 3.63) is 0 Å². The van der Waals surface area contributed by atoms with E-state index in [1.807, 2.05) is 0 Å². The molecule has 0 aromatic carbocycles. The van der Waals surface area contributed by atoms with E-state index in [9.17, 15) is 29.4 Å². The van der Waals surface area contributed by atoms with E-state index in [-0.39, 0.29) is 0 Å². The van der Waals surface area contributed by atoms with Gasteiger partial charge in [0.1, 0.15) is 12.7 Å². The van der Waals surface area contributed by atoms with E-state index in [0.717, 1.165) is 20.8 Å². The molecule has 10 nitrogen and oxygen atoms in total. The molecule has 126 valence electrons. The van der Waals surface area contributed by atoms with E-state index in [2.05, 4.69) is 4.74 Å². The number of aliphatic hydroxyl groups excluding tert-OH is 2. The van der Waals surface area contributed by atoms with Crippen molar-refractivity contribution in [2.45, 2.75) is 45.2 Å². The van der Waals surface area contributed by atoms with Gasteiger partial charge < -0.3 is 30.2 Å². The van der Waals surface area contributed by atoms with E-state index in [0.29, 0.717) is 0 Å². The predicted octanol–water partition coefficient (Wildman–Crippen LogP) is -2.38. The summed E-state index contributed by atoms with van der Waals surface area (Å²) in [5, 5.41) is 19.6. The van der Waals surface area contributed by atoms with Crippen LogP contribution in [0.4, 0.5) is 0 Å². The van der Waals surface area contributed by atoms with Crippen molar-refractivity contribution in [3.63, 3.8) is 0 Å². The van der Waals surface area contributed by atoms with Crippen LogP contribution >= 0.6 is 0 Å². The number of carbonyl (C=O) groups is 4. The molecule has 0 rings (SSSR count). The summed E-state index contributed by atoms with van der Waals surface area (Å²) in [6.07, 6.45) is -7.13. The highest BCUT2D eigenvalue weighted by atomic mass is 16.6. The second kappa shape index (κ2) is 8.95. The number of rotatable bonds is 8. The number of primary amides is 1. The highest BCUT2D eigenvalue weighted by molar-refractivity contribution is 5.80. The molecule has 0 saturated carbocycles. The minimum Gasteiger partial charge on any atom is -0.463 e. The van der Waals surface area contributed by atoms with Crippen LogP contribution in [-0.2, 0) is 33.4 Å². The third-order valence-corrected chi connectivity index (χ3v) is 2.37. The monoisotopic (exact) mass is 321 g/mol. The van der Waals surface area contributed by atoms with Crippen molar-refractivity contribution < 1.29 is 43.6 Å². The van der Waals surface area contributed by atoms with Gasteiger partial charge in [0.15, 0.2) is 18.3 Å². The van der Waals surface area contributed by atoms with Crippen molar-refractivity contribution in [1.82, 2.24) is 0 Å². The van der Waals surface area contributed by atoms with Crippen LogP contribution in [0.25, 0.3) is 0 Å². The number of ether oxygens (including phenoxy) is 3. The Kier molecular flexibility index (Phi) is 8.05. The number of hydrogen-bond acceptors (Lipinski definition) is 9. The highest BCUT2D eigenvalue weighted by Gasteiger charge is 2.41. The molecule has 0 heterocycles. The molecular formula is C12H19NO9. The van der Waals surface area contributed by atoms with Crippen LogP contribution in [0.5, 0.6) is 0 Å². The fourth-order valence-corrected chi connectivity index (χ4v) is 1.52. The number of hydrogen-bond donors (Lipinski definition) is 3. The molecule has 22 heavy (non-hydrogen) atoms. The Morgan fingerprint density at radius 2 is 1.36 bits per heavy atom. The standard InChI is InChI=1S/C12H19NO9/c1-5(14)20-4-8(17)10(21-6(2)15)11(22-7(3)16)9(18)12(13)19/h8-11,17-18H,4H2,1-3H3,(H2,13,19)/t8-,9-,10+,11-/m1/s1. The van der Waals surface area contributed by atoms with E-state index in [4.69, 9.17) is 15.2 Å². The third-order valence-electron chi connectivity index (χ3n) is 2.37. The van der Waals surface area contributed by atoms with Gasteiger partial charge in [-0.25, -0.2) is 0 Å². The maximum atomic E-state index is 11.1. The molecule has 0 spiro atoms. The predicted molar refractivity (Wildman–Crippen MR) is 68.9 cm³/mol. The third kappa shape index (κ3) is 6.99.